The van der Waals surface area contributed by atoms with Crippen LogP contribution in [0.4, 0.5) is 0 Å². The molecule has 0 saturated heterocycles. The first-order valence-electron chi connectivity index (χ1n) is 3.01. The molecule has 0 fully saturated rings. The monoisotopic (exact) mass is 296 g/mol. The zero-order chi connectivity index (χ0) is 9.30. The lowest BCUT2D eigenvalue weighted by molar-refractivity contribution is 0.392. The average molecular weight is 298 g/mol. The van der Waals surface area contributed by atoms with E-state index in [1.807, 2.05) is 0 Å². The number of halogens is 2. The van der Waals surface area contributed by atoms with Gasteiger partial charge in [0.15, 0.2) is 5.75 Å². The molecule has 2 N–H and O–H groups in total. The van der Waals surface area contributed by atoms with Crippen LogP contribution >= 0.6 is 31.9 Å². The van der Waals surface area contributed by atoms with Crippen LogP contribution in [0.15, 0.2) is 15.0 Å². The zero-order valence-electron chi connectivity index (χ0n) is 6.14. The van der Waals surface area contributed by atoms with Crippen molar-refractivity contribution in [3.05, 3.63) is 15.0 Å². The maximum absolute atomic E-state index is 9.37. The fourth-order valence-electron chi connectivity index (χ4n) is 0.734. The summed E-state index contributed by atoms with van der Waals surface area (Å²) in [5.74, 6) is 0.243. The van der Waals surface area contributed by atoms with Gasteiger partial charge in [-0.3, -0.25) is 0 Å². The van der Waals surface area contributed by atoms with Crippen molar-refractivity contribution < 1.29 is 14.9 Å². The Hall–Kier alpha value is -0.420. The molecule has 0 aromatic heterocycles. The van der Waals surface area contributed by atoms with E-state index >= 15 is 0 Å². The van der Waals surface area contributed by atoms with Crippen LogP contribution in [-0.2, 0) is 0 Å². The molecule has 0 bridgehead atoms. The summed E-state index contributed by atoms with van der Waals surface area (Å²) in [6.07, 6.45) is 0. The van der Waals surface area contributed by atoms with Crippen LogP contribution in [0.25, 0.3) is 0 Å². The van der Waals surface area contributed by atoms with Gasteiger partial charge in [-0.05, 0) is 31.9 Å². The molecule has 1 aromatic carbocycles. The molecular weight excluding hydrogens is 292 g/mol. The molecule has 0 aliphatic heterocycles. The number of phenolic OH excluding ortho intramolecular Hbond substituents is 2. The Morgan fingerprint density at radius 2 is 1.83 bits per heavy atom. The molecular formula is C7H6Br2O3. The van der Waals surface area contributed by atoms with Gasteiger partial charge in [0.25, 0.3) is 0 Å². The minimum Gasteiger partial charge on any atom is -0.506 e. The summed E-state index contributed by atoms with van der Waals surface area (Å²) in [6, 6.07) is 1.40. The topological polar surface area (TPSA) is 49.7 Å². The molecule has 0 aliphatic rings. The third-order valence-electron chi connectivity index (χ3n) is 1.34. The van der Waals surface area contributed by atoms with E-state index < -0.39 is 0 Å². The molecule has 5 heteroatoms. The van der Waals surface area contributed by atoms with Gasteiger partial charge in [-0.2, -0.15) is 0 Å². The molecule has 0 saturated carbocycles. The second-order valence-corrected chi connectivity index (χ2v) is 3.66. The van der Waals surface area contributed by atoms with Gasteiger partial charge in [-0.15, -0.1) is 0 Å². The Morgan fingerprint density at radius 1 is 1.25 bits per heavy atom. The van der Waals surface area contributed by atoms with Gasteiger partial charge in [-0.1, -0.05) is 0 Å². The van der Waals surface area contributed by atoms with Crippen molar-refractivity contribution in [2.24, 2.45) is 0 Å². The van der Waals surface area contributed by atoms with Gasteiger partial charge in [0.05, 0.1) is 7.11 Å². The predicted octanol–water partition coefficient (Wildman–Crippen LogP) is 2.63. The van der Waals surface area contributed by atoms with Crippen molar-refractivity contribution in [3.63, 3.8) is 0 Å². The molecule has 1 rings (SSSR count). The van der Waals surface area contributed by atoms with Crippen LogP contribution in [0.1, 0.15) is 0 Å². The zero-order valence-corrected chi connectivity index (χ0v) is 9.31. The van der Waals surface area contributed by atoms with Crippen LogP contribution in [0.2, 0.25) is 0 Å². The molecule has 3 nitrogen and oxygen atoms in total. The van der Waals surface area contributed by atoms with Crippen LogP contribution in [0.5, 0.6) is 17.2 Å². The van der Waals surface area contributed by atoms with Crippen molar-refractivity contribution in [1.29, 1.82) is 0 Å². The van der Waals surface area contributed by atoms with Crippen LogP contribution in [0.3, 0.4) is 0 Å². The van der Waals surface area contributed by atoms with Crippen molar-refractivity contribution in [2.45, 2.75) is 0 Å². The second kappa shape index (κ2) is 3.53. The number of ether oxygens (including phenoxy) is 1. The number of hydrogen-bond acceptors (Lipinski definition) is 3. The largest absolute Gasteiger partial charge is 0.506 e. The lowest BCUT2D eigenvalue weighted by Crippen LogP contribution is -1.85. The maximum Gasteiger partial charge on any atom is 0.151 e. The fourth-order valence-corrected chi connectivity index (χ4v) is 1.79. The third kappa shape index (κ3) is 1.51. The Labute approximate surface area is 86.2 Å². The highest BCUT2D eigenvalue weighted by Crippen LogP contribution is 2.44. The third-order valence-corrected chi connectivity index (χ3v) is 2.89. The van der Waals surface area contributed by atoms with E-state index in [0.717, 1.165) is 0 Å². The fraction of sp³-hybridized carbons (Fsp3) is 0.143. The highest BCUT2D eigenvalue weighted by Gasteiger charge is 2.13. The maximum atomic E-state index is 9.37. The van der Waals surface area contributed by atoms with E-state index in [0.29, 0.717) is 10.2 Å². The average Bonchev–Trinajstić information content (AvgIpc) is 2.08. The van der Waals surface area contributed by atoms with Crippen LogP contribution in [0, 0.1) is 0 Å². The minimum atomic E-state index is -0.0770. The number of phenols is 2. The smallest absolute Gasteiger partial charge is 0.151 e. The summed E-state index contributed by atoms with van der Waals surface area (Å²) >= 11 is 6.12. The van der Waals surface area contributed by atoms with E-state index in [2.05, 4.69) is 31.9 Å². The molecule has 0 spiro atoms. The number of benzene rings is 1. The van der Waals surface area contributed by atoms with Crippen molar-refractivity contribution >= 4 is 31.9 Å². The van der Waals surface area contributed by atoms with Gasteiger partial charge in [-0.25, -0.2) is 0 Å². The van der Waals surface area contributed by atoms with Gasteiger partial charge in [0, 0.05) is 6.07 Å². The highest BCUT2D eigenvalue weighted by atomic mass is 79.9. The first kappa shape index (κ1) is 9.67. The SMILES string of the molecule is COc1cc(O)c(Br)c(O)c1Br. The molecule has 0 atom stereocenters. The van der Waals surface area contributed by atoms with Crippen LogP contribution < -0.4 is 4.74 Å². The lowest BCUT2D eigenvalue weighted by atomic mass is 10.3. The molecule has 1 aromatic rings. The van der Waals surface area contributed by atoms with Gasteiger partial charge in [0.2, 0.25) is 0 Å². The van der Waals surface area contributed by atoms with Crippen molar-refractivity contribution in [2.75, 3.05) is 7.11 Å². The molecule has 12 heavy (non-hydrogen) atoms. The Kier molecular flexibility index (Phi) is 2.85. The predicted molar refractivity (Wildman–Crippen MR) is 51.7 cm³/mol. The Morgan fingerprint density at radius 3 is 2.33 bits per heavy atom. The number of rotatable bonds is 1. The molecule has 0 radical (unpaired) electrons. The number of hydrogen-bond donors (Lipinski definition) is 2. The second-order valence-electron chi connectivity index (χ2n) is 2.07. The van der Waals surface area contributed by atoms with Crippen molar-refractivity contribution in [1.82, 2.24) is 0 Å². The van der Waals surface area contributed by atoms with E-state index in [-0.39, 0.29) is 16.0 Å². The summed E-state index contributed by atoms with van der Waals surface area (Å²) in [5, 5.41) is 18.6. The van der Waals surface area contributed by atoms with E-state index in [1.165, 1.54) is 13.2 Å². The lowest BCUT2D eigenvalue weighted by Gasteiger charge is -2.07. The summed E-state index contributed by atoms with van der Waals surface area (Å²) in [4.78, 5) is 0. The van der Waals surface area contributed by atoms with E-state index in [9.17, 15) is 10.2 Å². The summed E-state index contributed by atoms with van der Waals surface area (Å²) in [5.41, 5.74) is 0. The standard InChI is InChI=1S/C7H6Br2O3/c1-12-4-2-3(10)5(8)7(11)6(4)9/h2,10-11H,1H3. The summed E-state index contributed by atoms with van der Waals surface area (Å²) in [7, 11) is 1.45. The van der Waals surface area contributed by atoms with Gasteiger partial charge < -0.3 is 14.9 Å². The van der Waals surface area contributed by atoms with E-state index in [4.69, 9.17) is 4.74 Å². The molecule has 0 amide bonds. The highest BCUT2D eigenvalue weighted by molar-refractivity contribution is 9.11. The van der Waals surface area contributed by atoms with Crippen LogP contribution in [-0.4, -0.2) is 17.3 Å². The first-order valence-corrected chi connectivity index (χ1v) is 4.60. The number of methoxy groups -OCH3 is 1. The molecule has 0 aliphatic carbocycles. The normalized spacial score (nSPS) is 9.92. The van der Waals surface area contributed by atoms with Gasteiger partial charge in [0.1, 0.15) is 20.4 Å². The quantitative estimate of drug-likeness (QED) is 0.838. The summed E-state index contributed by atoms with van der Waals surface area (Å²) < 4.78 is 5.53. The Balaban J connectivity index is 3.39. The summed E-state index contributed by atoms with van der Waals surface area (Å²) in [6.45, 7) is 0. The first-order chi connectivity index (χ1) is 5.57. The minimum absolute atomic E-state index is 0.0625. The number of aromatic hydroxyl groups is 2. The molecule has 66 valence electrons. The van der Waals surface area contributed by atoms with Gasteiger partial charge >= 0.3 is 0 Å². The Bertz CT molecular complexity index is 312. The molecule has 0 unspecified atom stereocenters. The van der Waals surface area contributed by atoms with E-state index in [1.54, 1.807) is 0 Å². The molecule has 0 heterocycles. The van der Waals surface area contributed by atoms with Crippen molar-refractivity contribution in [3.8, 4) is 17.2 Å².